The summed E-state index contributed by atoms with van der Waals surface area (Å²) < 4.78 is 38.7. The third-order valence-electron chi connectivity index (χ3n) is 1.86. The topological polar surface area (TPSA) is 43.3 Å². The van der Waals surface area contributed by atoms with Crippen LogP contribution in [0, 0.1) is 0 Å². The molecule has 0 aliphatic carbocycles. The van der Waals surface area contributed by atoms with Crippen molar-refractivity contribution in [3.63, 3.8) is 0 Å². The van der Waals surface area contributed by atoms with E-state index in [2.05, 4.69) is 20.9 Å². The van der Waals surface area contributed by atoms with Gasteiger partial charge in [-0.25, -0.2) is 4.98 Å². The molecule has 2 N–H and O–H groups in total. The Hall–Kier alpha value is -1.24. The number of nitrogens with two attached hydrogens (primary N) is 1. The van der Waals surface area contributed by atoms with Gasteiger partial charge in [0.2, 0.25) is 0 Å². The molecule has 0 aliphatic rings. The molecule has 2 rings (SSSR count). The van der Waals surface area contributed by atoms with Crippen LogP contribution < -0.4 is 5.73 Å². The van der Waals surface area contributed by atoms with Crippen LogP contribution in [0.5, 0.6) is 0 Å². The summed E-state index contributed by atoms with van der Waals surface area (Å²) in [5.41, 5.74) is 5.15. The van der Waals surface area contributed by atoms with Gasteiger partial charge in [0, 0.05) is 16.9 Å². The minimum atomic E-state index is -4.44. The predicted octanol–water partition coefficient (Wildman–Crippen LogP) is 2.70. The number of imidazole rings is 1. The van der Waals surface area contributed by atoms with Gasteiger partial charge in [0.05, 0.1) is 5.69 Å². The van der Waals surface area contributed by atoms with Gasteiger partial charge in [-0.15, -0.1) is 0 Å². The Morgan fingerprint density at radius 3 is 2.60 bits per heavy atom. The van der Waals surface area contributed by atoms with E-state index in [0.29, 0.717) is 10.2 Å². The Balaban J connectivity index is 2.66. The zero-order valence-corrected chi connectivity index (χ0v) is 8.80. The maximum atomic E-state index is 12.3. The molecule has 0 unspecified atom stereocenters. The SMILES string of the molecule is Nc1cn2cc(C(F)(F)F)nc2cc1Br. The first-order chi connectivity index (χ1) is 6.88. The van der Waals surface area contributed by atoms with Crippen molar-refractivity contribution in [3.05, 3.63) is 28.6 Å². The van der Waals surface area contributed by atoms with E-state index in [1.54, 1.807) is 0 Å². The number of rotatable bonds is 0. The van der Waals surface area contributed by atoms with Crippen LogP contribution in [0.3, 0.4) is 0 Å². The van der Waals surface area contributed by atoms with Crippen molar-refractivity contribution in [3.8, 4) is 0 Å². The van der Waals surface area contributed by atoms with Gasteiger partial charge in [-0.1, -0.05) is 0 Å². The number of hydrogen-bond acceptors (Lipinski definition) is 2. The molecule has 3 nitrogen and oxygen atoms in total. The van der Waals surface area contributed by atoms with Gasteiger partial charge in [-0.2, -0.15) is 13.2 Å². The summed E-state index contributed by atoms with van der Waals surface area (Å²) >= 11 is 3.12. The highest BCUT2D eigenvalue weighted by Gasteiger charge is 2.33. The lowest BCUT2D eigenvalue weighted by atomic mass is 10.4. The molecule has 0 spiro atoms. The van der Waals surface area contributed by atoms with Crippen LogP contribution in [-0.2, 0) is 6.18 Å². The first-order valence-electron chi connectivity index (χ1n) is 3.89. The number of hydrogen-bond donors (Lipinski definition) is 1. The Morgan fingerprint density at radius 2 is 2.00 bits per heavy atom. The highest BCUT2D eigenvalue weighted by Crippen LogP contribution is 2.29. The molecule has 0 fully saturated rings. The summed E-state index contributed by atoms with van der Waals surface area (Å²) in [6.45, 7) is 0. The van der Waals surface area contributed by atoms with Gasteiger partial charge in [0.1, 0.15) is 5.65 Å². The van der Waals surface area contributed by atoms with Crippen LogP contribution in [0.1, 0.15) is 5.69 Å². The monoisotopic (exact) mass is 279 g/mol. The average molecular weight is 280 g/mol. The lowest BCUT2D eigenvalue weighted by Gasteiger charge is -1.98. The van der Waals surface area contributed by atoms with Crippen molar-refractivity contribution < 1.29 is 13.2 Å². The summed E-state index contributed by atoms with van der Waals surface area (Å²) in [6.07, 6.45) is -2.16. The third-order valence-corrected chi connectivity index (χ3v) is 2.55. The predicted molar refractivity (Wildman–Crippen MR) is 52.3 cm³/mol. The number of nitrogens with zero attached hydrogens (tertiary/aromatic N) is 2. The largest absolute Gasteiger partial charge is 0.434 e. The van der Waals surface area contributed by atoms with Crippen molar-refractivity contribution >= 4 is 27.3 Å². The van der Waals surface area contributed by atoms with Crippen LogP contribution in [0.4, 0.5) is 18.9 Å². The van der Waals surface area contributed by atoms with E-state index >= 15 is 0 Å². The average Bonchev–Trinajstić information content (AvgIpc) is 2.47. The van der Waals surface area contributed by atoms with Crippen molar-refractivity contribution in [1.82, 2.24) is 9.38 Å². The van der Waals surface area contributed by atoms with Crippen molar-refractivity contribution in [2.75, 3.05) is 5.73 Å². The zero-order valence-electron chi connectivity index (χ0n) is 7.22. The van der Waals surface area contributed by atoms with E-state index in [9.17, 15) is 13.2 Å². The summed E-state index contributed by atoms with van der Waals surface area (Å²) in [6, 6.07) is 1.44. The van der Waals surface area contributed by atoms with Crippen LogP contribution >= 0.6 is 15.9 Å². The molecule has 0 radical (unpaired) electrons. The molecule has 0 saturated heterocycles. The number of anilines is 1. The van der Waals surface area contributed by atoms with Crippen LogP contribution in [0.2, 0.25) is 0 Å². The molecule has 2 heterocycles. The molecule has 0 aromatic carbocycles. The van der Waals surface area contributed by atoms with Gasteiger partial charge in [0.15, 0.2) is 5.69 Å². The minimum Gasteiger partial charge on any atom is -0.397 e. The number of alkyl halides is 3. The van der Waals surface area contributed by atoms with E-state index in [4.69, 9.17) is 5.73 Å². The van der Waals surface area contributed by atoms with Crippen molar-refractivity contribution in [2.45, 2.75) is 6.18 Å². The fourth-order valence-electron chi connectivity index (χ4n) is 1.16. The maximum Gasteiger partial charge on any atom is 0.434 e. The number of aromatic nitrogens is 2. The number of halogens is 4. The fraction of sp³-hybridized carbons (Fsp3) is 0.125. The first-order valence-corrected chi connectivity index (χ1v) is 4.68. The van der Waals surface area contributed by atoms with E-state index in [0.717, 1.165) is 6.20 Å². The maximum absolute atomic E-state index is 12.3. The second-order valence-electron chi connectivity index (χ2n) is 2.97. The molecule has 0 amide bonds. The first kappa shape index (κ1) is 10.3. The zero-order chi connectivity index (χ0) is 11.2. The molecule has 15 heavy (non-hydrogen) atoms. The quantitative estimate of drug-likeness (QED) is 0.806. The number of pyridine rings is 1. The highest BCUT2D eigenvalue weighted by molar-refractivity contribution is 9.10. The Labute approximate surface area is 90.8 Å². The fourth-order valence-corrected chi connectivity index (χ4v) is 1.47. The summed E-state index contributed by atoms with van der Waals surface area (Å²) in [7, 11) is 0. The standard InChI is InChI=1S/C8H5BrF3N3/c9-4-1-7-14-6(8(10,11)12)3-15(7)2-5(4)13/h1-3H,13H2. The van der Waals surface area contributed by atoms with Crippen LogP contribution in [-0.4, -0.2) is 9.38 Å². The Morgan fingerprint density at radius 1 is 1.33 bits per heavy atom. The van der Waals surface area contributed by atoms with Gasteiger partial charge >= 0.3 is 6.18 Å². The molecule has 0 aliphatic heterocycles. The number of nitrogen functional groups attached to an aromatic ring is 1. The smallest absolute Gasteiger partial charge is 0.397 e. The van der Waals surface area contributed by atoms with Crippen LogP contribution in [0.25, 0.3) is 5.65 Å². The number of fused-ring (bicyclic) bond motifs is 1. The second kappa shape index (κ2) is 3.13. The molecule has 80 valence electrons. The highest BCUT2D eigenvalue weighted by atomic mass is 79.9. The van der Waals surface area contributed by atoms with E-state index in [1.807, 2.05) is 0 Å². The Bertz CT molecular complexity index is 479. The normalized spacial score (nSPS) is 12.3. The van der Waals surface area contributed by atoms with Gasteiger partial charge < -0.3 is 10.1 Å². The lowest BCUT2D eigenvalue weighted by Crippen LogP contribution is -2.04. The molecule has 0 atom stereocenters. The molecule has 7 heteroatoms. The van der Waals surface area contributed by atoms with Crippen molar-refractivity contribution in [1.29, 1.82) is 0 Å². The molecular weight excluding hydrogens is 275 g/mol. The second-order valence-corrected chi connectivity index (χ2v) is 3.82. The molecule has 0 saturated carbocycles. The third kappa shape index (κ3) is 1.79. The molecule has 2 aromatic rings. The van der Waals surface area contributed by atoms with Gasteiger partial charge in [-0.3, -0.25) is 0 Å². The molecule has 2 aromatic heterocycles. The van der Waals surface area contributed by atoms with Gasteiger partial charge in [0.25, 0.3) is 0 Å². The van der Waals surface area contributed by atoms with E-state index < -0.39 is 11.9 Å². The van der Waals surface area contributed by atoms with E-state index in [1.165, 1.54) is 16.7 Å². The minimum absolute atomic E-state index is 0.198. The van der Waals surface area contributed by atoms with Crippen LogP contribution in [0.15, 0.2) is 22.9 Å². The molecular formula is C8H5BrF3N3. The summed E-state index contributed by atoms with van der Waals surface area (Å²) in [4.78, 5) is 3.44. The summed E-state index contributed by atoms with van der Waals surface area (Å²) in [5.74, 6) is 0. The van der Waals surface area contributed by atoms with E-state index in [-0.39, 0.29) is 5.65 Å². The lowest BCUT2D eigenvalue weighted by molar-refractivity contribution is -0.140. The summed E-state index contributed by atoms with van der Waals surface area (Å²) in [5, 5.41) is 0. The van der Waals surface area contributed by atoms with Crippen molar-refractivity contribution in [2.24, 2.45) is 0 Å². The Kier molecular flexibility index (Phi) is 2.14. The molecule has 0 bridgehead atoms. The van der Waals surface area contributed by atoms with Gasteiger partial charge in [-0.05, 0) is 22.0 Å².